The monoisotopic (exact) mass is 216 g/mol. The molecule has 0 bridgehead atoms. The molecule has 1 aliphatic carbocycles. The summed E-state index contributed by atoms with van der Waals surface area (Å²) in [7, 11) is 0. The zero-order chi connectivity index (χ0) is 11.8. The molecule has 1 N–H and O–H groups in total. The van der Waals surface area contributed by atoms with E-state index in [2.05, 4.69) is 32.6 Å². The molecule has 2 unspecified atom stereocenters. The van der Waals surface area contributed by atoms with Crippen LogP contribution in [0, 0.1) is 5.92 Å². The van der Waals surface area contributed by atoms with E-state index in [9.17, 15) is 0 Å². The van der Waals surface area contributed by atoms with Crippen molar-refractivity contribution in [3.63, 3.8) is 0 Å². The molecular formula is C15H20O. The minimum Gasteiger partial charge on any atom is -0.392 e. The first kappa shape index (κ1) is 11.4. The molecule has 16 heavy (non-hydrogen) atoms. The van der Waals surface area contributed by atoms with Crippen molar-refractivity contribution in [1.29, 1.82) is 0 Å². The van der Waals surface area contributed by atoms with Crippen molar-refractivity contribution >= 4 is 0 Å². The predicted octanol–water partition coefficient (Wildman–Crippen LogP) is 3.42. The highest BCUT2D eigenvalue weighted by Gasteiger charge is 2.39. The molecule has 1 nitrogen and oxygen atoms in total. The van der Waals surface area contributed by atoms with Crippen LogP contribution in [0.15, 0.2) is 36.4 Å². The Hall–Kier alpha value is -1.08. The number of aliphatic hydroxyl groups excluding tert-OH is 1. The van der Waals surface area contributed by atoms with Crippen molar-refractivity contribution in [2.75, 3.05) is 0 Å². The third kappa shape index (κ3) is 1.69. The fourth-order valence-corrected chi connectivity index (χ4v) is 2.69. The SMILES string of the molecule is C=C1CCC(C)(c2ccc(CO)cc2)C1C. The summed E-state index contributed by atoms with van der Waals surface area (Å²) in [5.74, 6) is 0.549. The van der Waals surface area contributed by atoms with Crippen LogP contribution < -0.4 is 0 Å². The number of hydrogen-bond acceptors (Lipinski definition) is 1. The first-order valence-corrected chi connectivity index (χ1v) is 5.96. The van der Waals surface area contributed by atoms with Crippen molar-refractivity contribution < 1.29 is 5.11 Å². The van der Waals surface area contributed by atoms with Gasteiger partial charge in [0.2, 0.25) is 0 Å². The Labute approximate surface area is 97.8 Å². The summed E-state index contributed by atoms with van der Waals surface area (Å²) in [5.41, 5.74) is 3.95. The van der Waals surface area contributed by atoms with Gasteiger partial charge in [-0.3, -0.25) is 0 Å². The van der Waals surface area contributed by atoms with Crippen LogP contribution in [0.25, 0.3) is 0 Å². The van der Waals surface area contributed by atoms with E-state index in [1.54, 1.807) is 0 Å². The largest absolute Gasteiger partial charge is 0.392 e. The summed E-state index contributed by atoms with van der Waals surface area (Å²) in [5, 5.41) is 9.04. The Morgan fingerprint density at radius 3 is 2.44 bits per heavy atom. The van der Waals surface area contributed by atoms with Crippen LogP contribution in [0.3, 0.4) is 0 Å². The Morgan fingerprint density at radius 1 is 1.38 bits per heavy atom. The highest BCUT2D eigenvalue weighted by Crippen LogP contribution is 2.47. The minimum atomic E-state index is 0.124. The van der Waals surface area contributed by atoms with Crippen molar-refractivity contribution in [1.82, 2.24) is 0 Å². The normalized spacial score (nSPS) is 29.7. The third-order valence-electron chi connectivity index (χ3n) is 4.33. The van der Waals surface area contributed by atoms with Crippen molar-refractivity contribution in [3.8, 4) is 0 Å². The topological polar surface area (TPSA) is 20.2 Å². The second-order valence-electron chi connectivity index (χ2n) is 5.15. The summed E-state index contributed by atoms with van der Waals surface area (Å²) < 4.78 is 0. The number of hydrogen-bond donors (Lipinski definition) is 1. The van der Waals surface area contributed by atoms with Crippen LogP contribution in [0.2, 0.25) is 0 Å². The van der Waals surface area contributed by atoms with E-state index in [4.69, 9.17) is 5.11 Å². The molecule has 0 aromatic heterocycles. The van der Waals surface area contributed by atoms with E-state index in [1.165, 1.54) is 17.6 Å². The van der Waals surface area contributed by atoms with E-state index in [1.807, 2.05) is 12.1 Å². The maximum atomic E-state index is 9.04. The molecule has 0 spiro atoms. The van der Waals surface area contributed by atoms with Gasteiger partial charge in [-0.15, -0.1) is 0 Å². The Bertz CT molecular complexity index is 390. The average molecular weight is 216 g/mol. The van der Waals surface area contributed by atoms with Crippen LogP contribution in [-0.4, -0.2) is 5.11 Å². The van der Waals surface area contributed by atoms with Gasteiger partial charge in [-0.25, -0.2) is 0 Å². The average Bonchev–Trinajstić information content (AvgIpc) is 2.59. The fourth-order valence-electron chi connectivity index (χ4n) is 2.69. The Balaban J connectivity index is 2.32. The van der Waals surface area contributed by atoms with Gasteiger partial charge in [-0.2, -0.15) is 0 Å². The second-order valence-corrected chi connectivity index (χ2v) is 5.15. The number of rotatable bonds is 2. The van der Waals surface area contributed by atoms with Crippen LogP contribution >= 0.6 is 0 Å². The van der Waals surface area contributed by atoms with Crippen LogP contribution in [-0.2, 0) is 12.0 Å². The fraction of sp³-hybridized carbons (Fsp3) is 0.467. The molecule has 2 rings (SSSR count). The molecule has 1 aromatic rings. The van der Waals surface area contributed by atoms with Gasteiger partial charge >= 0.3 is 0 Å². The summed E-state index contributed by atoms with van der Waals surface area (Å²) in [4.78, 5) is 0. The van der Waals surface area contributed by atoms with Gasteiger partial charge < -0.3 is 5.11 Å². The van der Waals surface area contributed by atoms with Crippen LogP contribution in [0.1, 0.15) is 37.8 Å². The quantitative estimate of drug-likeness (QED) is 0.751. The molecule has 86 valence electrons. The number of allylic oxidation sites excluding steroid dienone is 1. The first-order valence-electron chi connectivity index (χ1n) is 5.96. The standard InChI is InChI=1S/C15H20O/c1-11-8-9-15(3,12(11)2)14-6-4-13(10-16)5-7-14/h4-7,12,16H,1,8-10H2,2-3H3. The minimum absolute atomic E-state index is 0.124. The van der Waals surface area contributed by atoms with E-state index in [-0.39, 0.29) is 12.0 Å². The molecule has 0 radical (unpaired) electrons. The van der Waals surface area contributed by atoms with Gasteiger partial charge in [0.15, 0.2) is 0 Å². The molecule has 1 aromatic carbocycles. The lowest BCUT2D eigenvalue weighted by molar-refractivity contribution is 0.281. The smallest absolute Gasteiger partial charge is 0.0681 e. The molecule has 0 saturated heterocycles. The van der Waals surface area contributed by atoms with E-state index >= 15 is 0 Å². The summed E-state index contributed by atoms with van der Waals surface area (Å²) in [6.45, 7) is 8.87. The van der Waals surface area contributed by atoms with Gasteiger partial charge in [0.05, 0.1) is 6.61 Å². The molecule has 1 fully saturated rings. The van der Waals surface area contributed by atoms with E-state index < -0.39 is 0 Å². The molecular weight excluding hydrogens is 196 g/mol. The second kappa shape index (κ2) is 4.06. The number of benzene rings is 1. The molecule has 1 aliphatic rings. The molecule has 1 heteroatoms. The zero-order valence-corrected chi connectivity index (χ0v) is 10.2. The highest BCUT2D eigenvalue weighted by molar-refractivity contribution is 5.34. The van der Waals surface area contributed by atoms with Gasteiger partial charge in [0, 0.05) is 0 Å². The predicted molar refractivity (Wildman–Crippen MR) is 67.3 cm³/mol. The number of aliphatic hydroxyl groups is 1. The van der Waals surface area contributed by atoms with Crippen molar-refractivity contribution in [2.45, 2.75) is 38.7 Å². The summed E-state index contributed by atoms with van der Waals surface area (Å²) in [6.07, 6.45) is 2.32. The third-order valence-corrected chi connectivity index (χ3v) is 4.33. The lowest BCUT2D eigenvalue weighted by Gasteiger charge is -2.30. The van der Waals surface area contributed by atoms with Gasteiger partial charge in [-0.1, -0.05) is 50.3 Å². The van der Waals surface area contributed by atoms with Gasteiger partial charge in [0.25, 0.3) is 0 Å². The Morgan fingerprint density at radius 2 is 2.00 bits per heavy atom. The van der Waals surface area contributed by atoms with Gasteiger partial charge in [-0.05, 0) is 35.3 Å². The molecule has 0 aliphatic heterocycles. The lowest BCUT2D eigenvalue weighted by Crippen LogP contribution is -2.25. The van der Waals surface area contributed by atoms with Gasteiger partial charge in [0.1, 0.15) is 0 Å². The summed E-state index contributed by atoms with van der Waals surface area (Å²) in [6, 6.07) is 8.35. The first-order chi connectivity index (χ1) is 7.58. The highest BCUT2D eigenvalue weighted by atomic mass is 16.3. The molecule has 0 amide bonds. The maximum Gasteiger partial charge on any atom is 0.0681 e. The van der Waals surface area contributed by atoms with Crippen LogP contribution in [0.5, 0.6) is 0 Å². The zero-order valence-electron chi connectivity index (χ0n) is 10.2. The van der Waals surface area contributed by atoms with Crippen molar-refractivity contribution in [2.24, 2.45) is 5.92 Å². The van der Waals surface area contributed by atoms with E-state index in [0.29, 0.717) is 5.92 Å². The molecule has 1 saturated carbocycles. The van der Waals surface area contributed by atoms with Crippen LogP contribution in [0.4, 0.5) is 0 Å². The summed E-state index contributed by atoms with van der Waals surface area (Å²) >= 11 is 0. The Kier molecular flexibility index (Phi) is 2.90. The lowest BCUT2D eigenvalue weighted by atomic mass is 9.74. The van der Waals surface area contributed by atoms with Crippen molar-refractivity contribution in [3.05, 3.63) is 47.5 Å². The maximum absolute atomic E-state index is 9.04. The molecule has 0 heterocycles. The van der Waals surface area contributed by atoms with E-state index in [0.717, 1.165) is 12.0 Å². The molecule has 2 atom stereocenters.